The number of carbonyl (C=O) groups excluding carboxylic acids is 1. The van der Waals surface area contributed by atoms with Crippen LogP contribution in [0.3, 0.4) is 0 Å². The molecule has 0 radical (unpaired) electrons. The first-order chi connectivity index (χ1) is 13.0. The zero-order valence-electron chi connectivity index (χ0n) is 15.8. The van der Waals surface area contributed by atoms with Crippen LogP contribution in [0.4, 0.5) is 5.69 Å². The molecule has 0 bridgehead atoms. The van der Waals surface area contributed by atoms with Gasteiger partial charge in [-0.05, 0) is 42.3 Å². The number of aromatic nitrogens is 2. The van der Waals surface area contributed by atoms with Crippen LogP contribution in [-0.2, 0) is 11.3 Å². The normalized spacial score (nSPS) is 10.6. The fourth-order valence-electron chi connectivity index (χ4n) is 2.66. The lowest BCUT2D eigenvalue weighted by Gasteiger charge is -2.13. The molecule has 1 N–H and O–H groups in total. The Morgan fingerprint density at radius 3 is 2.67 bits per heavy atom. The number of amides is 1. The highest BCUT2D eigenvalue weighted by molar-refractivity contribution is 7.99. The average molecular weight is 381 g/mol. The van der Waals surface area contributed by atoms with Crippen LogP contribution < -0.4 is 10.2 Å². The molecular formula is C21H24N4OS. The summed E-state index contributed by atoms with van der Waals surface area (Å²) in [5, 5.41) is 3.78. The van der Waals surface area contributed by atoms with E-state index in [4.69, 9.17) is 0 Å². The monoisotopic (exact) mass is 380 g/mol. The van der Waals surface area contributed by atoms with E-state index in [0.717, 1.165) is 22.1 Å². The third-order valence-corrected chi connectivity index (χ3v) is 5.13. The van der Waals surface area contributed by atoms with E-state index in [1.54, 1.807) is 6.20 Å². The minimum Gasteiger partial charge on any atom is -0.378 e. The Balaban J connectivity index is 1.53. The van der Waals surface area contributed by atoms with Crippen LogP contribution in [0, 0.1) is 6.92 Å². The molecule has 0 aliphatic heterocycles. The molecule has 0 atom stereocenters. The molecule has 1 heterocycles. The van der Waals surface area contributed by atoms with Gasteiger partial charge in [0.2, 0.25) is 5.91 Å². The van der Waals surface area contributed by atoms with Crippen molar-refractivity contribution in [2.24, 2.45) is 0 Å². The van der Waals surface area contributed by atoms with Gasteiger partial charge in [-0.1, -0.05) is 36.0 Å². The molecule has 140 valence electrons. The molecule has 0 saturated carbocycles. The van der Waals surface area contributed by atoms with Crippen LogP contribution in [0.2, 0.25) is 0 Å². The third-order valence-electron chi connectivity index (χ3n) is 4.16. The Morgan fingerprint density at radius 2 is 1.96 bits per heavy atom. The molecule has 1 aromatic heterocycles. The van der Waals surface area contributed by atoms with Crippen molar-refractivity contribution in [3.05, 3.63) is 72.1 Å². The van der Waals surface area contributed by atoms with E-state index in [1.165, 1.54) is 17.3 Å². The number of imidazole rings is 1. The number of hydrogen-bond acceptors (Lipinski definition) is 4. The minimum absolute atomic E-state index is 0.00419. The molecule has 2 aromatic carbocycles. The smallest absolute Gasteiger partial charge is 0.230 e. The molecule has 6 heteroatoms. The average Bonchev–Trinajstić information content (AvgIpc) is 3.13. The summed E-state index contributed by atoms with van der Waals surface area (Å²) in [6, 6.07) is 16.4. The number of aryl methyl sites for hydroxylation is 1. The van der Waals surface area contributed by atoms with E-state index in [0.29, 0.717) is 12.3 Å². The van der Waals surface area contributed by atoms with Gasteiger partial charge < -0.3 is 10.2 Å². The Labute approximate surface area is 164 Å². The quantitative estimate of drug-likeness (QED) is 0.636. The maximum Gasteiger partial charge on any atom is 0.230 e. The van der Waals surface area contributed by atoms with Gasteiger partial charge in [-0.2, -0.15) is 0 Å². The van der Waals surface area contributed by atoms with Gasteiger partial charge in [0, 0.05) is 44.4 Å². The maximum absolute atomic E-state index is 12.2. The standard InChI is InChI=1S/C21H24N4OS/c1-16-5-4-6-19(13-16)25-12-11-22-21(25)27-15-20(26)23-14-17-7-9-18(10-8-17)24(2)3/h4-13H,14-15H2,1-3H3,(H,23,26). The Hall–Kier alpha value is -2.73. The number of thioether (sulfide) groups is 1. The van der Waals surface area contributed by atoms with Gasteiger partial charge in [0.25, 0.3) is 0 Å². The van der Waals surface area contributed by atoms with Crippen LogP contribution in [-0.4, -0.2) is 35.3 Å². The van der Waals surface area contributed by atoms with E-state index < -0.39 is 0 Å². The molecule has 3 aromatic rings. The SMILES string of the molecule is Cc1cccc(-n2ccnc2SCC(=O)NCc2ccc(N(C)C)cc2)c1. The van der Waals surface area contributed by atoms with Gasteiger partial charge in [-0.3, -0.25) is 9.36 Å². The number of anilines is 1. The van der Waals surface area contributed by atoms with E-state index in [9.17, 15) is 4.79 Å². The summed E-state index contributed by atoms with van der Waals surface area (Å²) in [6.45, 7) is 2.59. The van der Waals surface area contributed by atoms with Gasteiger partial charge in [0.05, 0.1) is 5.75 Å². The molecule has 0 unspecified atom stereocenters. The Kier molecular flexibility index (Phi) is 6.19. The molecule has 0 aliphatic carbocycles. The summed E-state index contributed by atoms with van der Waals surface area (Å²) in [7, 11) is 4.02. The minimum atomic E-state index is -0.00419. The molecule has 0 aliphatic rings. The number of carbonyl (C=O) groups is 1. The van der Waals surface area contributed by atoms with E-state index >= 15 is 0 Å². The number of nitrogens with zero attached hydrogens (tertiary/aromatic N) is 3. The second-order valence-corrected chi connectivity index (χ2v) is 7.49. The van der Waals surface area contributed by atoms with E-state index in [1.807, 2.05) is 49.1 Å². The summed E-state index contributed by atoms with van der Waals surface area (Å²) < 4.78 is 2.00. The Bertz CT molecular complexity index is 903. The zero-order chi connectivity index (χ0) is 19.2. The first-order valence-corrected chi connectivity index (χ1v) is 9.77. The van der Waals surface area contributed by atoms with Crippen molar-refractivity contribution in [2.75, 3.05) is 24.7 Å². The molecule has 1 amide bonds. The molecule has 27 heavy (non-hydrogen) atoms. The van der Waals surface area contributed by atoms with Crippen LogP contribution in [0.15, 0.2) is 66.1 Å². The van der Waals surface area contributed by atoms with Crippen molar-refractivity contribution in [3.63, 3.8) is 0 Å². The lowest BCUT2D eigenvalue weighted by atomic mass is 10.2. The maximum atomic E-state index is 12.2. The topological polar surface area (TPSA) is 50.2 Å². The second kappa shape index (κ2) is 8.77. The van der Waals surface area contributed by atoms with Gasteiger partial charge in [-0.15, -0.1) is 0 Å². The van der Waals surface area contributed by atoms with Gasteiger partial charge in [0.1, 0.15) is 0 Å². The van der Waals surface area contributed by atoms with Crippen molar-refractivity contribution in [3.8, 4) is 5.69 Å². The van der Waals surface area contributed by atoms with Crippen LogP contribution >= 0.6 is 11.8 Å². The second-order valence-electron chi connectivity index (χ2n) is 6.55. The number of hydrogen-bond donors (Lipinski definition) is 1. The zero-order valence-corrected chi connectivity index (χ0v) is 16.7. The van der Waals surface area contributed by atoms with Gasteiger partial charge >= 0.3 is 0 Å². The predicted octanol–water partition coefficient (Wildman–Crippen LogP) is 3.66. The highest BCUT2D eigenvalue weighted by Crippen LogP contribution is 2.21. The van der Waals surface area contributed by atoms with Gasteiger partial charge in [0.15, 0.2) is 5.16 Å². The van der Waals surface area contributed by atoms with Gasteiger partial charge in [-0.25, -0.2) is 4.98 Å². The lowest BCUT2D eigenvalue weighted by Crippen LogP contribution is -2.24. The van der Waals surface area contributed by atoms with Crippen molar-refractivity contribution >= 4 is 23.4 Å². The fourth-order valence-corrected chi connectivity index (χ4v) is 3.47. The summed E-state index contributed by atoms with van der Waals surface area (Å²) in [5.74, 6) is 0.328. The van der Waals surface area contributed by atoms with Crippen molar-refractivity contribution in [1.29, 1.82) is 0 Å². The third kappa shape index (κ3) is 5.14. The Morgan fingerprint density at radius 1 is 1.19 bits per heavy atom. The molecule has 5 nitrogen and oxygen atoms in total. The van der Waals surface area contributed by atoms with Crippen molar-refractivity contribution in [2.45, 2.75) is 18.6 Å². The van der Waals surface area contributed by atoms with Crippen molar-refractivity contribution < 1.29 is 4.79 Å². The molecule has 0 saturated heterocycles. The van der Waals surface area contributed by atoms with Crippen molar-refractivity contribution in [1.82, 2.24) is 14.9 Å². The highest BCUT2D eigenvalue weighted by atomic mass is 32.2. The number of nitrogens with one attached hydrogen (secondary N) is 1. The molecule has 0 spiro atoms. The largest absolute Gasteiger partial charge is 0.378 e. The molecular weight excluding hydrogens is 356 g/mol. The fraction of sp³-hybridized carbons (Fsp3) is 0.238. The number of rotatable bonds is 7. The summed E-state index contributed by atoms with van der Waals surface area (Å²) in [5.41, 5.74) is 4.47. The summed E-state index contributed by atoms with van der Waals surface area (Å²) in [6.07, 6.45) is 3.68. The first-order valence-electron chi connectivity index (χ1n) is 8.79. The lowest BCUT2D eigenvalue weighted by molar-refractivity contribution is -0.118. The van der Waals surface area contributed by atoms with Crippen LogP contribution in [0.1, 0.15) is 11.1 Å². The van der Waals surface area contributed by atoms with Crippen LogP contribution in [0.25, 0.3) is 5.69 Å². The van der Waals surface area contributed by atoms with E-state index in [-0.39, 0.29) is 5.91 Å². The highest BCUT2D eigenvalue weighted by Gasteiger charge is 2.09. The molecule has 3 rings (SSSR count). The predicted molar refractivity (Wildman–Crippen MR) is 112 cm³/mol. The summed E-state index contributed by atoms with van der Waals surface area (Å²) >= 11 is 1.44. The first kappa shape index (κ1) is 19.0. The number of benzene rings is 2. The van der Waals surface area contributed by atoms with Crippen LogP contribution in [0.5, 0.6) is 0 Å². The van der Waals surface area contributed by atoms with E-state index in [2.05, 4.69) is 46.4 Å². The molecule has 0 fully saturated rings. The summed E-state index contributed by atoms with van der Waals surface area (Å²) in [4.78, 5) is 18.6.